The monoisotopic (exact) mass is 490 g/mol. The molecule has 0 N–H and O–H groups in total. The van der Waals surface area contributed by atoms with Crippen molar-refractivity contribution in [2.24, 2.45) is 10.8 Å². The van der Waals surface area contributed by atoms with Gasteiger partial charge in [0.25, 0.3) is 0 Å². The summed E-state index contributed by atoms with van der Waals surface area (Å²) in [5.41, 5.74) is 3.61. The summed E-state index contributed by atoms with van der Waals surface area (Å²) in [6.07, 6.45) is 3.38. The van der Waals surface area contributed by atoms with E-state index in [0.29, 0.717) is 17.0 Å². The van der Waals surface area contributed by atoms with Gasteiger partial charge >= 0.3 is 0 Å². The van der Waals surface area contributed by atoms with Crippen LogP contribution in [0.2, 0.25) is 0 Å². The molecule has 1 saturated carbocycles. The summed E-state index contributed by atoms with van der Waals surface area (Å²) in [4.78, 5) is 15.5. The third kappa shape index (κ3) is 4.83. The number of ether oxygens (including phenoxy) is 1. The lowest BCUT2D eigenvalue weighted by atomic mass is 9.65. The van der Waals surface area contributed by atoms with Gasteiger partial charge in [0.1, 0.15) is 5.75 Å². The Bertz CT molecular complexity index is 1240. The number of aromatic nitrogens is 3. The van der Waals surface area contributed by atoms with Crippen LogP contribution < -0.4 is 4.74 Å². The van der Waals surface area contributed by atoms with Crippen molar-refractivity contribution in [1.29, 1.82) is 0 Å². The molecular formula is C28H34N4O2S. The first kappa shape index (κ1) is 23.9. The summed E-state index contributed by atoms with van der Waals surface area (Å²) >= 11 is 1.47. The van der Waals surface area contributed by atoms with Crippen LogP contribution in [0.4, 0.5) is 0 Å². The van der Waals surface area contributed by atoms with Gasteiger partial charge in [-0.25, -0.2) is 0 Å². The zero-order chi connectivity index (χ0) is 24.8. The van der Waals surface area contributed by atoms with Crippen molar-refractivity contribution >= 4 is 17.7 Å². The SMILES string of the molecule is COc1ccc(-n2c(SCC(=O)N3C[C@]4(C)C[C@H]3CC(C)(C)C4)nnc2-c2cccc(C)c2)cc1. The van der Waals surface area contributed by atoms with Crippen molar-refractivity contribution in [3.8, 4) is 22.8 Å². The van der Waals surface area contributed by atoms with Crippen molar-refractivity contribution < 1.29 is 9.53 Å². The van der Waals surface area contributed by atoms with Crippen molar-refractivity contribution in [3.63, 3.8) is 0 Å². The van der Waals surface area contributed by atoms with Gasteiger partial charge in [-0.1, -0.05) is 56.3 Å². The molecule has 2 heterocycles. The van der Waals surface area contributed by atoms with Gasteiger partial charge in [0.2, 0.25) is 5.91 Å². The number of carbonyl (C=O) groups is 1. The largest absolute Gasteiger partial charge is 0.497 e. The van der Waals surface area contributed by atoms with Crippen molar-refractivity contribution in [2.75, 3.05) is 19.4 Å². The Morgan fingerprint density at radius 3 is 2.60 bits per heavy atom. The molecule has 1 aliphatic carbocycles. The van der Waals surface area contributed by atoms with Gasteiger partial charge in [0, 0.05) is 23.8 Å². The van der Waals surface area contributed by atoms with E-state index >= 15 is 0 Å². The Kier molecular flexibility index (Phi) is 6.16. The average molecular weight is 491 g/mol. The fourth-order valence-corrected chi connectivity index (χ4v) is 7.10. The predicted octanol–water partition coefficient (Wildman–Crippen LogP) is 5.77. The molecule has 0 radical (unpaired) electrons. The minimum atomic E-state index is 0.197. The summed E-state index contributed by atoms with van der Waals surface area (Å²) in [5, 5.41) is 9.77. The molecule has 184 valence electrons. The number of hydrogen-bond donors (Lipinski definition) is 0. The van der Waals surface area contributed by atoms with E-state index in [2.05, 4.69) is 54.9 Å². The zero-order valence-electron chi connectivity index (χ0n) is 21.2. The number of aryl methyl sites for hydroxylation is 1. The number of fused-ring (bicyclic) bond motifs is 2. The number of amides is 1. The van der Waals surface area contributed by atoms with Crippen LogP contribution in [0.25, 0.3) is 17.1 Å². The molecule has 2 bridgehead atoms. The summed E-state index contributed by atoms with van der Waals surface area (Å²) in [6.45, 7) is 9.95. The highest BCUT2D eigenvalue weighted by Gasteiger charge is 2.50. The quantitative estimate of drug-likeness (QED) is 0.411. The van der Waals surface area contributed by atoms with Gasteiger partial charge in [-0.3, -0.25) is 9.36 Å². The van der Waals surface area contributed by atoms with Crippen LogP contribution in [0.3, 0.4) is 0 Å². The molecule has 6 nitrogen and oxygen atoms in total. The van der Waals surface area contributed by atoms with Gasteiger partial charge in [0.15, 0.2) is 11.0 Å². The van der Waals surface area contributed by atoms with Gasteiger partial charge in [0.05, 0.1) is 12.9 Å². The highest BCUT2D eigenvalue weighted by Crippen LogP contribution is 2.52. The molecule has 1 amide bonds. The zero-order valence-corrected chi connectivity index (χ0v) is 22.1. The second-order valence-electron chi connectivity index (χ2n) is 11.2. The first-order valence-electron chi connectivity index (χ1n) is 12.3. The van der Waals surface area contributed by atoms with Crippen LogP contribution in [-0.4, -0.2) is 51.0 Å². The van der Waals surface area contributed by atoms with Crippen LogP contribution in [0.15, 0.2) is 53.7 Å². The normalized spacial score (nSPS) is 22.9. The minimum Gasteiger partial charge on any atom is -0.497 e. The summed E-state index contributed by atoms with van der Waals surface area (Å²) in [6, 6.07) is 16.5. The molecule has 0 spiro atoms. The smallest absolute Gasteiger partial charge is 0.233 e. The second-order valence-corrected chi connectivity index (χ2v) is 12.2. The number of likely N-dealkylation sites (tertiary alicyclic amines) is 1. The second kappa shape index (κ2) is 9.01. The highest BCUT2D eigenvalue weighted by atomic mass is 32.2. The molecular weight excluding hydrogens is 456 g/mol. The van der Waals surface area contributed by atoms with Crippen molar-refractivity contribution in [2.45, 2.75) is 58.2 Å². The fourth-order valence-electron chi connectivity index (χ4n) is 6.26. The summed E-state index contributed by atoms with van der Waals surface area (Å²) < 4.78 is 7.39. The van der Waals surface area contributed by atoms with E-state index in [1.165, 1.54) is 18.2 Å². The topological polar surface area (TPSA) is 60.2 Å². The number of thioether (sulfide) groups is 1. The third-order valence-electron chi connectivity index (χ3n) is 7.30. The van der Waals surface area contributed by atoms with E-state index in [9.17, 15) is 4.79 Å². The van der Waals surface area contributed by atoms with E-state index in [1.807, 2.05) is 41.0 Å². The molecule has 7 heteroatoms. The van der Waals surface area contributed by atoms with Crippen molar-refractivity contribution in [3.05, 3.63) is 54.1 Å². The number of rotatable bonds is 6. The third-order valence-corrected chi connectivity index (χ3v) is 8.21. The Labute approximate surface area is 212 Å². The van der Waals surface area contributed by atoms with Gasteiger partial charge < -0.3 is 9.64 Å². The minimum absolute atomic E-state index is 0.197. The average Bonchev–Trinajstić information content (AvgIpc) is 3.34. The molecule has 1 aliphatic heterocycles. The first-order chi connectivity index (χ1) is 16.7. The maximum Gasteiger partial charge on any atom is 0.233 e. The van der Waals surface area contributed by atoms with Crippen molar-refractivity contribution in [1.82, 2.24) is 19.7 Å². The van der Waals surface area contributed by atoms with Gasteiger partial charge in [-0.05, 0) is 67.3 Å². The maximum atomic E-state index is 13.4. The molecule has 0 unspecified atom stereocenters. The lowest BCUT2D eigenvalue weighted by Crippen LogP contribution is -2.38. The highest BCUT2D eigenvalue weighted by molar-refractivity contribution is 7.99. The van der Waals surface area contributed by atoms with Crippen LogP contribution in [0, 0.1) is 17.8 Å². The molecule has 1 saturated heterocycles. The van der Waals surface area contributed by atoms with Gasteiger partial charge in [-0.2, -0.15) is 0 Å². The van der Waals surface area contributed by atoms with Crippen LogP contribution in [-0.2, 0) is 4.79 Å². The number of methoxy groups -OCH3 is 1. The lowest BCUT2D eigenvalue weighted by Gasteiger charge is -2.39. The Balaban J connectivity index is 1.41. The predicted molar refractivity (Wildman–Crippen MR) is 140 cm³/mol. The molecule has 2 aliphatic rings. The van der Waals surface area contributed by atoms with Crippen LogP contribution in [0.5, 0.6) is 5.75 Å². The molecule has 1 aromatic heterocycles. The maximum absolute atomic E-state index is 13.4. The molecule has 2 fully saturated rings. The summed E-state index contributed by atoms with van der Waals surface area (Å²) in [5.74, 6) is 2.11. The fraction of sp³-hybridized carbons (Fsp3) is 0.464. The number of nitrogens with zero attached hydrogens (tertiary/aromatic N) is 4. The number of carbonyl (C=O) groups excluding carboxylic acids is 1. The van der Waals surface area contributed by atoms with E-state index in [-0.39, 0.29) is 16.7 Å². The molecule has 2 atom stereocenters. The summed E-state index contributed by atoms with van der Waals surface area (Å²) in [7, 11) is 1.66. The van der Waals surface area contributed by atoms with E-state index in [4.69, 9.17) is 4.74 Å². The van der Waals surface area contributed by atoms with E-state index in [1.54, 1.807) is 7.11 Å². The Morgan fingerprint density at radius 1 is 1.11 bits per heavy atom. The van der Waals surface area contributed by atoms with Crippen LogP contribution >= 0.6 is 11.8 Å². The molecule has 35 heavy (non-hydrogen) atoms. The Hall–Kier alpha value is -2.80. The molecule has 2 aromatic carbocycles. The number of benzene rings is 2. The number of hydrogen-bond acceptors (Lipinski definition) is 5. The Morgan fingerprint density at radius 2 is 1.89 bits per heavy atom. The van der Waals surface area contributed by atoms with Gasteiger partial charge in [-0.15, -0.1) is 10.2 Å². The molecule has 3 aromatic rings. The van der Waals surface area contributed by atoms with E-state index in [0.717, 1.165) is 47.8 Å². The lowest BCUT2D eigenvalue weighted by molar-refractivity contribution is -0.129. The van der Waals surface area contributed by atoms with E-state index < -0.39 is 0 Å². The molecule has 5 rings (SSSR count). The standard InChI is InChI=1S/C28H34N4O2S/c1-19-7-6-8-20(13-19)25-29-30-26(32(25)21-9-11-23(34-5)12-10-21)35-16-24(33)31-18-28(4)15-22(31)14-27(2,3)17-28/h6-13,22H,14-18H2,1-5H3/t22-,28-/m1/s1. The van der Waals surface area contributed by atoms with Crippen LogP contribution in [0.1, 0.15) is 45.6 Å². The first-order valence-corrected chi connectivity index (χ1v) is 13.2.